The van der Waals surface area contributed by atoms with E-state index in [1.807, 2.05) is 14.0 Å². The third-order valence-electron chi connectivity index (χ3n) is 1.59. The fourth-order valence-electron chi connectivity index (χ4n) is 1.02. The third kappa shape index (κ3) is 5.13. The van der Waals surface area contributed by atoms with Crippen LogP contribution >= 0.6 is 0 Å². The van der Waals surface area contributed by atoms with Crippen molar-refractivity contribution >= 4 is 5.91 Å². The maximum atomic E-state index is 11.3. The molecule has 0 aliphatic carbocycles. The second-order valence-electron chi connectivity index (χ2n) is 3.45. The minimum absolute atomic E-state index is 0.172. The van der Waals surface area contributed by atoms with Crippen LogP contribution in [0.2, 0.25) is 0 Å². The van der Waals surface area contributed by atoms with E-state index in [0.29, 0.717) is 12.5 Å². The third-order valence-corrected chi connectivity index (χ3v) is 1.59. The monoisotopic (exact) mass is 172 g/mol. The lowest BCUT2D eigenvalue weighted by Gasteiger charge is -2.19. The molecule has 0 fully saturated rings. The number of nitrogens with one attached hydrogen (secondary N) is 1. The van der Waals surface area contributed by atoms with Crippen LogP contribution < -0.4 is 5.32 Å². The van der Waals surface area contributed by atoms with E-state index in [4.69, 9.17) is 0 Å². The van der Waals surface area contributed by atoms with Gasteiger partial charge in [-0.2, -0.15) is 0 Å². The van der Waals surface area contributed by atoms with Gasteiger partial charge in [0, 0.05) is 13.6 Å². The van der Waals surface area contributed by atoms with Crippen molar-refractivity contribution in [1.82, 2.24) is 10.2 Å². The summed E-state index contributed by atoms with van der Waals surface area (Å²) in [6.45, 7) is 8.36. The molecule has 0 heterocycles. The summed E-state index contributed by atoms with van der Waals surface area (Å²) in [5, 5.41) is 3.01. The van der Waals surface area contributed by atoms with Gasteiger partial charge in [0.1, 0.15) is 0 Å². The molecule has 0 radical (unpaired) electrons. The van der Waals surface area contributed by atoms with Crippen LogP contribution in [0.4, 0.5) is 0 Å². The van der Waals surface area contributed by atoms with Gasteiger partial charge in [-0.3, -0.25) is 4.79 Å². The van der Waals surface area contributed by atoms with E-state index in [1.165, 1.54) is 0 Å². The number of likely N-dealkylation sites (N-methyl/N-ethyl adjacent to an activating group) is 2. The van der Waals surface area contributed by atoms with Crippen molar-refractivity contribution < 1.29 is 4.79 Å². The number of nitrogens with zero attached hydrogens (tertiary/aromatic N) is 1. The van der Waals surface area contributed by atoms with Crippen LogP contribution in [0, 0.1) is 5.92 Å². The quantitative estimate of drug-likeness (QED) is 0.662. The Bertz CT molecular complexity index is 134. The highest BCUT2D eigenvalue weighted by Gasteiger charge is 2.08. The number of hydrogen-bond acceptors (Lipinski definition) is 2. The molecule has 72 valence electrons. The predicted octanol–water partition coefficient (Wildman–Crippen LogP) is 0.710. The zero-order chi connectivity index (χ0) is 9.56. The summed E-state index contributed by atoms with van der Waals surface area (Å²) in [5.74, 6) is 0.714. The first-order valence-corrected chi connectivity index (χ1v) is 4.52. The Labute approximate surface area is 75.1 Å². The van der Waals surface area contributed by atoms with Crippen molar-refractivity contribution in [1.29, 1.82) is 0 Å². The topological polar surface area (TPSA) is 32.3 Å². The van der Waals surface area contributed by atoms with E-state index in [2.05, 4.69) is 19.2 Å². The molecule has 0 spiro atoms. The zero-order valence-corrected chi connectivity index (χ0v) is 8.55. The first-order valence-electron chi connectivity index (χ1n) is 4.52. The summed E-state index contributed by atoms with van der Waals surface area (Å²) < 4.78 is 0. The summed E-state index contributed by atoms with van der Waals surface area (Å²) in [7, 11) is 1.85. The van der Waals surface area contributed by atoms with E-state index in [9.17, 15) is 4.79 Å². The van der Waals surface area contributed by atoms with Gasteiger partial charge in [0.05, 0.1) is 6.54 Å². The van der Waals surface area contributed by atoms with Gasteiger partial charge in [-0.05, 0) is 12.5 Å². The molecule has 1 N–H and O–H groups in total. The molecule has 0 aromatic heterocycles. The Balaban J connectivity index is 3.61. The van der Waals surface area contributed by atoms with Crippen molar-refractivity contribution in [3.63, 3.8) is 0 Å². The van der Waals surface area contributed by atoms with Crippen molar-refractivity contribution in [3.8, 4) is 0 Å². The molecule has 0 aliphatic rings. The summed E-state index contributed by atoms with van der Waals surface area (Å²) in [6, 6.07) is 0. The molecule has 0 saturated carbocycles. The maximum Gasteiger partial charge on any atom is 0.236 e. The van der Waals surface area contributed by atoms with Crippen molar-refractivity contribution in [2.24, 2.45) is 5.92 Å². The molecule has 0 unspecified atom stereocenters. The molecule has 3 nitrogen and oxygen atoms in total. The number of hydrogen-bond donors (Lipinski definition) is 1. The first kappa shape index (κ1) is 11.4. The highest BCUT2D eigenvalue weighted by atomic mass is 16.2. The molecule has 0 aromatic rings. The summed E-state index contributed by atoms with van der Waals surface area (Å²) in [5.41, 5.74) is 0. The Kier molecular flexibility index (Phi) is 5.72. The molecular formula is C9H20N2O. The van der Waals surface area contributed by atoms with E-state index in [0.717, 1.165) is 13.1 Å². The molecule has 0 saturated heterocycles. The van der Waals surface area contributed by atoms with Crippen molar-refractivity contribution in [2.75, 3.05) is 26.7 Å². The van der Waals surface area contributed by atoms with E-state index in [1.54, 1.807) is 4.90 Å². The van der Waals surface area contributed by atoms with E-state index >= 15 is 0 Å². The molecule has 12 heavy (non-hydrogen) atoms. The minimum atomic E-state index is 0.172. The predicted molar refractivity (Wildman–Crippen MR) is 51.0 cm³/mol. The second-order valence-corrected chi connectivity index (χ2v) is 3.45. The van der Waals surface area contributed by atoms with Crippen LogP contribution in [0.1, 0.15) is 20.8 Å². The fraction of sp³-hybridized carbons (Fsp3) is 0.889. The van der Waals surface area contributed by atoms with Gasteiger partial charge in [-0.1, -0.05) is 20.8 Å². The normalized spacial score (nSPS) is 10.4. The Morgan fingerprint density at radius 2 is 2.08 bits per heavy atom. The summed E-state index contributed by atoms with van der Waals surface area (Å²) >= 11 is 0. The Morgan fingerprint density at radius 1 is 1.50 bits per heavy atom. The summed E-state index contributed by atoms with van der Waals surface area (Å²) in [4.78, 5) is 13.1. The summed E-state index contributed by atoms with van der Waals surface area (Å²) in [6.07, 6.45) is 0. The lowest BCUT2D eigenvalue weighted by Crippen LogP contribution is -2.37. The largest absolute Gasteiger partial charge is 0.344 e. The Hall–Kier alpha value is -0.570. The Morgan fingerprint density at radius 3 is 2.50 bits per heavy atom. The highest BCUT2D eigenvalue weighted by molar-refractivity contribution is 5.77. The number of carbonyl (C=O) groups is 1. The van der Waals surface area contributed by atoms with Gasteiger partial charge in [0.15, 0.2) is 0 Å². The van der Waals surface area contributed by atoms with Crippen LogP contribution in [0.25, 0.3) is 0 Å². The number of carbonyl (C=O) groups excluding carboxylic acids is 1. The smallest absolute Gasteiger partial charge is 0.236 e. The zero-order valence-electron chi connectivity index (χ0n) is 8.55. The molecule has 3 heteroatoms. The standard InChI is InChI=1S/C9H20N2O/c1-5-10-6-9(12)11(4)7-8(2)3/h8,10H,5-7H2,1-4H3. The minimum Gasteiger partial charge on any atom is -0.344 e. The molecule has 0 aliphatic heterocycles. The van der Waals surface area contributed by atoms with E-state index < -0.39 is 0 Å². The average Bonchev–Trinajstić information content (AvgIpc) is 1.98. The molecule has 0 aromatic carbocycles. The molecule has 1 amide bonds. The van der Waals surface area contributed by atoms with E-state index in [-0.39, 0.29) is 5.91 Å². The van der Waals surface area contributed by atoms with Crippen molar-refractivity contribution in [3.05, 3.63) is 0 Å². The average molecular weight is 172 g/mol. The van der Waals surface area contributed by atoms with Gasteiger partial charge in [-0.25, -0.2) is 0 Å². The molecule has 0 atom stereocenters. The maximum absolute atomic E-state index is 11.3. The lowest BCUT2D eigenvalue weighted by atomic mass is 10.2. The highest BCUT2D eigenvalue weighted by Crippen LogP contribution is 1.95. The molecular weight excluding hydrogens is 152 g/mol. The van der Waals surface area contributed by atoms with Gasteiger partial charge < -0.3 is 10.2 Å². The number of amides is 1. The van der Waals surface area contributed by atoms with Crippen LogP contribution in [0.3, 0.4) is 0 Å². The van der Waals surface area contributed by atoms with Crippen LogP contribution in [-0.4, -0.2) is 37.5 Å². The molecule has 0 rings (SSSR count). The van der Waals surface area contributed by atoms with Gasteiger partial charge in [-0.15, -0.1) is 0 Å². The molecule has 0 bridgehead atoms. The van der Waals surface area contributed by atoms with Gasteiger partial charge in [0.25, 0.3) is 0 Å². The second kappa shape index (κ2) is 6.00. The fourth-order valence-corrected chi connectivity index (χ4v) is 1.02. The van der Waals surface area contributed by atoms with Crippen molar-refractivity contribution in [2.45, 2.75) is 20.8 Å². The van der Waals surface area contributed by atoms with Crippen LogP contribution in [-0.2, 0) is 4.79 Å². The lowest BCUT2D eigenvalue weighted by molar-refractivity contribution is -0.129. The SMILES string of the molecule is CCNCC(=O)N(C)CC(C)C. The van der Waals surface area contributed by atoms with Gasteiger partial charge >= 0.3 is 0 Å². The first-order chi connectivity index (χ1) is 5.57. The van der Waals surface area contributed by atoms with Crippen LogP contribution in [0.15, 0.2) is 0 Å². The number of rotatable bonds is 5. The van der Waals surface area contributed by atoms with Crippen LogP contribution in [0.5, 0.6) is 0 Å². The van der Waals surface area contributed by atoms with Gasteiger partial charge in [0.2, 0.25) is 5.91 Å².